The van der Waals surface area contributed by atoms with Gasteiger partial charge in [0.1, 0.15) is 6.04 Å². The van der Waals surface area contributed by atoms with Crippen LogP contribution in [0.2, 0.25) is 0 Å². The SMILES string of the molecule is COc1cc(CN)ccc1Oc1ccc(C(=O)N[C@@H](C)C(N)=O)cc1OC. The molecule has 1 atom stereocenters. The topological polar surface area (TPSA) is 126 Å². The first-order valence-electron chi connectivity index (χ1n) is 8.22. The van der Waals surface area contributed by atoms with Gasteiger partial charge in [-0.05, 0) is 42.8 Å². The van der Waals surface area contributed by atoms with Crippen molar-refractivity contribution in [2.75, 3.05) is 14.2 Å². The van der Waals surface area contributed by atoms with Crippen molar-refractivity contribution in [1.82, 2.24) is 5.32 Å². The molecule has 0 radical (unpaired) electrons. The number of nitrogens with two attached hydrogens (primary N) is 2. The maximum Gasteiger partial charge on any atom is 0.252 e. The maximum atomic E-state index is 12.2. The molecule has 2 aromatic carbocycles. The molecule has 0 bridgehead atoms. The predicted octanol–water partition coefficient (Wildman–Crippen LogP) is 1.56. The molecule has 27 heavy (non-hydrogen) atoms. The normalized spacial score (nSPS) is 11.4. The van der Waals surface area contributed by atoms with Crippen LogP contribution in [0.15, 0.2) is 36.4 Å². The number of primary amides is 1. The first kappa shape index (κ1) is 20.1. The fourth-order valence-electron chi connectivity index (χ4n) is 2.29. The Labute approximate surface area is 157 Å². The van der Waals surface area contributed by atoms with Gasteiger partial charge in [-0.2, -0.15) is 0 Å². The lowest BCUT2D eigenvalue weighted by atomic mass is 10.1. The number of ether oxygens (including phenoxy) is 3. The summed E-state index contributed by atoms with van der Waals surface area (Å²) >= 11 is 0. The van der Waals surface area contributed by atoms with Crippen LogP contribution in [0.5, 0.6) is 23.0 Å². The number of rotatable bonds is 8. The molecule has 0 saturated heterocycles. The van der Waals surface area contributed by atoms with Crippen molar-refractivity contribution in [1.29, 1.82) is 0 Å². The van der Waals surface area contributed by atoms with Crippen molar-refractivity contribution < 1.29 is 23.8 Å². The van der Waals surface area contributed by atoms with Gasteiger partial charge >= 0.3 is 0 Å². The Kier molecular flexibility index (Phi) is 6.62. The highest BCUT2D eigenvalue weighted by molar-refractivity contribution is 5.97. The summed E-state index contributed by atoms with van der Waals surface area (Å²) in [4.78, 5) is 23.3. The molecule has 0 spiro atoms. The fraction of sp³-hybridized carbons (Fsp3) is 0.263. The molecule has 8 nitrogen and oxygen atoms in total. The summed E-state index contributed by atoms with van der Waals surface area (Å²) in [5.41, 5.74) is 12.0. The van der Waals surface area contributed by atoms with Crippen LogP contribution in [0, 0.1) is 0 Å². The Bertz CT molecular complexity index is 838. The Morgan fingerprint density at radius 2 is 1.59 bits per heavy atom. The summed E-state index contributed by atoms with van der Waals surface area (Å²) in [5, 5.41) is 2.51. The molecule has 2 rings (SSSR count). The average Bonchev–Trinajstić information content (AvgIpc) is 2.68. The zero-order valence-corrected chi connectivity index (χ0v) is 15.4. The molecular weight excluding hydrogens is 350 g/mol. The van der Waals surface area contributed by atoms with E-state index in [4.69, 9.17) is 25.7 Å². The molecule has 0 aromatic heterocycles. The van der Waals surface area contributed by atoms with Gasteiger partial charge in [-0.25, -0.2) is 0 Å². The van der Waals surface area contributed by atoms with E-state index in [-0.39, 0.29) is 0 Å². The average molecular weight is 373 g/mol. The minimum absolute atomic E-state index is 0.303. The molecule has 0 fully saturated rings. The van der Waals surface area contributed by atoms with Gasteiger partial charge in [-0.3, -0.25) is 9.59 Å². The lowest BCUT2D eigenvalue weighted by molar-refractivity contribution is -0.119. The van der Waals surface area contributed by atoms with Crippen molar-refractivity contribution in [2.45, 2.75) is 19.5 Å². The molecule has 2 amide bonds. The van der Waals surface area contributed by atoms with Crippen LogP contribution in [0.3, 0.4) is 0 Å². The first-order valence-corrected chi connectivity index (χ1v) is 8.22. The second kappa shape index (κ2) is 8.91. The van der Waals surface area contributed by atoms with Gasteiger partial charge in [-0.1, -0.05) is 6.07 Å². The van der Waals surface area contributed by atoms with Gasteiger partial charge in [0.15, 0.2) is 23.0 Å². The molecule has 2 aromatic rings. The number of carbonyl (C=O) groups excluding carboxylic acids is 2. The number of nitrogens with one attached hydrogen (secondary N) is 1. The Morgan fingerprint density at radius 1 is 1.00 bits per heavy atom. The van der Waals surface area contributed by atoms with E-state index >= 15 is 0 Å². The van der Waals surface area contributed by atoms with Crippen LogP contribution in [-0.4, -0.2) is 32.1 Å². The largest absolute Gasteiger partial charge is 0.493 e. The molecule has 0 unspecified atom stereocenters. The summed E-state index contributed by atoms with van der Waals surface area (Å²) in [6.45, 7) is 1.89. The molecule has 0 aliphatic heterocycles. The van der Waals surface area contributed by atoms with Crippen LogP contribution >= 0.6 is 0 Å². The Morgan fingerprint density at radius 3 is 2.15 bits per heavy atom. The summed E-state index contributed by atoms with van der Waals surface area (Å²) in [7, 11) is 3.00. The molecule has 0 saturated carbocycles. The zero-order chi connectivity index (χ0) is 20.0. The summed E-state index contributed by atoms with van der Waals surface area (Å²) in [6, 6.07) is 9.24. The quantitative estimate of drug-likeness (QED) is 0.645. The number of hydrogen-bond acceptors (Lipinski definition) is 6. The first-order chi connectivity index (χ1) is 12.9. The van der Waals surface area contributed by atoms with Crippen LogP contribution in [0.1, 0.15) is 22.8 Å². The second-order valence-electron chi connectivity index (χ2n) is 5.75. The van der Waals surface area contributed by atoms with Gasteiger partial charge in [0, 0.05) is 12.1 Å². The van der Waals surface area contributed by atoms with Crippen LogP contribution in [0.4, 0.5) is 0 Å². The standard InChI is InChI=1S/C19H23N3O5/c1-11(18(21)23)22-19(24)13-5-7-15(17(9-13)26-3)27-14-6-4-12(10-20)8-16(14)25-2/h4-9,11H,10,20H2,1-3H3,(H2,21,23)(H,22,24)/t11-/m0/s1. The highest BCUT2D eigenvalue weighted by atomic mass is 16.5. The highest BCUT2D eigenvalue weighted by Gasteiger charge is 2.17. The van der Waals surface area contributed by atoms with Crippen LogP contribution in [-0.2, 0) is 11.3 Å². The van der Waals surface area contributed by atoms with Crippen molar-refractivity contribution in [2.24, 2.45) is 11.5 Å². The van der Waals surface area contributed by atoms with E-state index < -0.39 is 17.9 Å². The third-order valence-corrected chi connectivity index (χ3v) is 3.88. The lowest BCUT2D eigenvalue weighted by Crippen LogP contribution is -2.42. The number of amides is 2. The lowest BCUT2D eigenvalue weighted by Gasteiger charge is -2.15. The second-order valence-corrected chi connectivity index (χ2v) is 5.75. The van der Waals surface area contributed by atoms with Gasteiger partial charge in [-0.15, -0.1) is 0 Å². The molecule has 0 heterocycles. The van der Waals surface area contributed by atoms with Gasteiger partial charge in [0.05, 0.1) is 14.2 Å². The van der Waals surface area contributed by atoms with Crippen molar-refractivity contribution >= 4 is 11.8 Å². The van der Waals surface area contributed by atoms with Gasteiger partial charge < -0.3 is 31.0 Å². The third-order valence-electron chi connectivity index (χ3n) is 3.88. The predicted molar refractivity (Wildman–Crippen MR) is 100 cm³/mol. The van der Waals surface area contributed by atoms with Crippen LogP contribution in [0.25, 0.3) is 0 Å². The van der Waals surface area contributed by atoms with E-state index in [0.717, 1.165) is 5.56 Å². The summed E-state index contributed by atoms with van der Waals surface area (Å²) in [6.07, 6.45) is 0. The number of carbonyl (C=O) groups is 2. The number of hydrogen-bond donors (Lipinski definition) is 3. The molecule has 0 aliphatic carbocycles. The Hall–Kier alpha value is -3.26. The van der Waals surface area contributed by atoms with Crippen molar-refractivity contribution in [3.8, 4) is 23.0 Å². The minimum atomic E-state index is -0.787. The summed E-state index contributed by atoms with van der Waals surface area (Å²) < 4.78 is 16.5. The third kappa shape index (κ3) is 4.89. The number of methoxy groups -OCH3 is 2. The van der Waals surface area contributed by atoms with E-state index in [1.54, 1.807) is 24.3 Å². The molecule has 144 valence electrons. The highest BCUT2D eigenvalue weighted by Crippen LogP contribution is 2.37. The molecule has 8 heteroatoms. The van der Waals surface area contributed by atoms with E-state index in [0.29, 0.717) is 35.1 Å². The zero-order valence-electron chi connectivity index (χ0n) is 15.4. The van der Waals surface area contributed by atoms with Gasteiger partial charge in [0.25, 0.3) is 5.91 Å². The van der Waals surface area contributed by atoms with Crippen LogP contribution < -0.4 is 31.0 Å². The fourth-order valence-corrected chi connectivity index (χ4v) is 2.29. The summed E-state index contributed by atoms with van der Waals surface area (Å²) in [5.74, 6) is 0.680. The number of benzene rings is 2. The Balaban J connectivity index is 2.26. The molecule has 5 N–H and O–H groups in total. The van der Waals surface area contributed by atoms with Crippen molar-refractivity contribution in [3.63, 3.8) is 0 Å². The van der Waals surface area contributed by atoms with E-state index in [9.17, 15) is 9.59 Å². The van der Waals surface area contributed by atoms with E-state index in [2.05, 4.69) is 5.32 Å². The molecule has 0 aliphatic rings. The smallest absolute Gasteiger partial charge is 0.252 e. The monoisotopic (exact) mass is 373 g/mol. The minimum Gasteiger partial charge on any atom is -0.493 e. The van der Waals surface area contributed by atoms with Crippen molar-refractivity contribution in [3.05, 3.63) is 47.5 Å². The molecular formula is C19H23N3O5. The van der Waals surface area contributed by atoms with E-state index in [1.807, 2.05) is 6.07 Å². The van der Waals surface area contributed by atoms with E-state index in [1.165, 1.54) is 27.2 Å². The van der Waals surface area contributed by atoms with Gasteiger partial charge in [0.2, 0.25) is 5.91 Å². The maximum absolute atomic E-state index is 12.2.